The van der Waals surface area contributed by atoms with E-state index in [1.54, 1.807) is 7.11 Å². The van der Waals surface area contributed by atoms with Crippen molar-refractivity contribution in [2.24, 2.45) is 5.92 Å². The van der Waals surface area contributed by atoms with Crippen molar-refractivity contribution >= 4 is 21.6 Å². The lowest BCUT2D eigenvalue weighted by Gasteiger charge is -2.32. The maximum absolute atomic E-state index is 5.09. The second-order valence-electron chi connectivity index (χ2n) is 6.08. The predicted molar refractivity (Wildman–Crippen MR) is 95.0 cm³/mol. The fourth-order valence-corrected chi connectivity index (χ4v) is 2.76. The van der Waals surface area contributed by atoms with Crippen molar-refractivity contribution < 1.29 is 4.74 Å². The number of methoxy groups -OCH3 is 1. The van der Waals surface area contributed by atoms with E-state index >= 15 is 0 Å². The molecule has 0 saturated heterocycles. The Morgan fingerprint density at radius 2 is 1.95 bits per heavy atom. The molecule has 4 heteroatoms. The number of anilines is 1. The first-order chi connectivity index (χ1) is 9.95. The van der Waals surface area contributed by atoms with Gasteiger partial charge < -0.3 is 15.0 Å². The van der Waals surface area contributed by atoms with Crippen molar-refractivity contribution in [2.75, 3.05) is 31.7 Å². The zero-order valence-electron chi connectivity index (χ0n) is 13.9. The molecule has 0 aliphatic rings. The molecule has 120 valence electrons. The number of hydrogen-bond acceptors (Lipinski definition) is 3. The summed E-state index contributed by atoms with van der Waals surface area (Å²) >= 11 is 3.58. The van der Waals surface area contributed by atoms with Crippen LogP contribution in [-0.4, -0.2) is 32.8 Å². The molecule has 0 spiro atoms. The van der Waals surface area contributed by atoms with Gasteiger partial charge in [-0.05, 0) is 43.5 Å². The Kier molecular flexibility index (Phi) is 8.30. The van der Waals surface area contributed by atoms with E-state index in [1.807, 2.05) is 0 Å². The van der Waals surface area contributed by atoms with Gasteiger partial charge in [-0.25, -0.2) is 0 Å². The number of nitrogens with zero attached hydrogens (tertiary/aromatic N) is 1. The van der Waals surface area contributed by atoms with E-state index in [4.69, 9.17) is 4.74 Å². The fraction of sp³-hybridized carbons (Fsp3) is 0.647. The zero-order chi connectivity index (χ0) is 15.8. The summed E-state index contributed by atoms with van der Waals surface area (Å²) in [7, 11) is 1.73. The predicted octanol–water partition coefficient (Wildman–Crippen LogP) is 4.06. The van der Waals surface area contributed by atoms with Crippen LogP contribution in [0.1, 0.15) is 33.3 Å². The molecule has 0 unspecified atom stereocenters. The van der Waals surface area contributed by atoms with Gasteiger partial charge in [-0.1, -0.05) is 29.8 Å². The average molecular weight is 357 g/mol. The molecule has 0 radical (unpaired) electrons. The SMILES string of the molecule is COCCNCc1cc(Br)ccc1N(CC(C)C)C(C)C. The van der Waals surface area contributed by atoms with Crippen LogP contribution in [0.3, 0.4) is 0 Å². The Morgan fingerprint density at radius 3 is 2.52 bits per heavy atom. The number of benzene rings is 1. The van der Waals surface area contributed by atoms with Gasteiger partial charge in [0, 0.05) is 42.9 Å². The maximum atomic E-state index is 5.09. The summed E-state index contributed by atoms with van der Waals surface area (Å²) < 4.78 is 6.22. The summed E-state index contributed by atoms with van der Waals surface area (Å²) in [6, 6.07) is 7.06. The van der Waals surface area contributed by atoms with Crippen LogP contribution >= 0.6 is 15.9 Å². The van der Waals surface area contributed by atoms with E-state index in [1.165, 1.54) is 11.3 Å². The van der Waals surface area contributed by atoms with E-state index in [-0.39, 0.29) is 0 Å². The first kappa shape index (κ1) is 18.5. The first-order valence-electron chi connectivity index (χ1n) is 7.70. The van der Waals surface area contributed by atoms with Crippen LogP contribution in [0.5, 0.6) is 0 Å². The molecule has 1 N–H and O–H groups in total. The van der Waals surface area contributed by atoms with Gasteiger partial charge in [-0.2, -0.15) is 0 Å². The highest BCUT2D eigenvalue weighted by atomic mass is 79.9. The van der Waals surface area contributed by atoms with Gasteiger partial charge in [0.05, 0.1) is 6.61 Å². The van der Waals surface area contributed by atoms with Crippen molar-refractivity contribution in [2.45, 2.75) is 40.3 Å². The highest BCUT2D eigenvalue weighted by Gasteiger charge is 2.15. The number of nitrogens with one attached hydrogen (secondary N) is 1. The van der Waals surface area contributed by atoms with E-state index in [0.29, 0.717) is 12.0 Å². The molecule has 0 bridgehead atoms. The van der Waals surface area contributed by atoms with Crippen molar-refractivity contribution in [3.8, 4) is 0 Å². The third-order valence-electron chi connectivity index (χ3n) is 3.33. The molecule has 1 rings (SSSR count). The summed E-state index contributed by atoms with van der Waals surface area (Å²) in [5.41, 5.74) is 2.65. The summed E-state index contributed by atoms with van der Waals surface area (Å²) in [5, 5.41) is 3.44. The van der Waals surface area contributed by atoms with Gasteiger partial charge >= 0.3 is 0 Å². The summed E-state index contributed by atoms with van der Waals surface area (Å²) in [5.74, 6) is 0.644. The van der Waals surface area contributed by atoms with Gasteiger partial charge in [-0.15, -0.1) is 0 Å². The third-order valence-corrected chi connectivity index (χ3v) is 3.83. The Labute approximate surface area is 138 Å². The average Bonchev–Trinajstić information content (AvgIpc) is 2.41. The van der Waals surface area contributed by atoms with Crippen molar-refractivity contribution in [1.29, 1.82) is 0 Å². The normalized spacial score (nSPS) is 11.4. The second kappa shape index (κ2) is 9.44. The number of halogens is 1. The molecule has 0 aliphatic heterocycles. The minimum Gasteiger partial charge on any atom is -0.383 e. The highest BCUT2D eigenvalue weighted by Crippen LogP contribution is 2.27. The minimum atomic E-state index is 0.492. The Balaban J connectivity index is 2.92. The maximum Gasteiger partial charge on any atom is 0.0587 e. The molecule has 0 atom stereocenters. The largest absolute Gasteiger partial charge is 0.383 e. The van der Waals surface area contributed by atoms with Crippen molar-refractivity contribution in [3.63, 3.8) is 0 Å². The van der Waals surface area contributed by atoms with Crippen LogP contribution in [0, 0.1) is 5.92 Å². The summed E-state index contributed by atoms with van der Waals surface area (Å²) in [6.07, 6.45) is 0. The van der Waals surface area contributed by atoms with Crippen molar-refractivity contribution in [1.82, 2.24) is 5.32 Å². The van der Waals surface area contributed by atoms with E-state index in [0.717, 1.165) is 30.7 Å². The van der Waals surface area contributed by atoms with Gasteiger partial charge in [0.2, 0.25) is 0 Å². The number of rotatable bonds is 9. The van der Waals surface area contributed by atoms with E-state index in [2.05, 4.69) is 72.0 Å². The van der Waals surface area contributed by atoms with Gasteiger partial charge in [0.15, 0.2) is 0 Å². The lowest BCUT2D eigenvalue weighted by Crippen LogP contribution is -2.35. The van der Waals surface area contributed by atoms with Crippen LogP contribution in [0.4, 0.5) is 5.69 Å². The molecule has 0 amide bonds. The van der Waals surface area contributed by atoms with Crippen LogP contribution in [0.15, 0.2) is 22.7 Å². The molecule has 0 fully saturated rings. The molecular formula is C17H29BrN2O. The molecule has 1 aromatic rings. The summed E-state index contributed by atoms with van der Waals surface area (Å²) in [4.78, 5) is 2.49. The molecule has 3 nitrogen and oxygen atoms in total. The van der Waals surface area contributed by atoms with Crippen molar-refractivity contribution in [3.05, 3.63) is 28.2 Å². The van der Waals surface area contributed by atoms with Gasteiger partial charge in [0.25, 0.3) is 0 Å². The lowest BCUT2D eigenvalue weighted by atomic mass is 10.1. The van der Waals surface area contributed by atoms with Crippen LogP contribution in [0.2, 0.25) is 0 Å². The molecule has 21 heavy (non-hydrogen) atoms. The monoisotopic (exact) mass is 356 g/mol. The molecular weight excluding hydrogens is 328 g/mol. The topological polar surface area (TPSA) is 24.5 Å². The standard InChI is InChI=1S/C17H29BrN2O/c1-13(2)12-20(14(3)4)17-7-6-16(18)10-15(17)11-19-8-9-21-5/h6-7,10,13-14,19H,8-9,11-12H2,1-5H3. The third kappa shape index (κ3) is 6.37. The number of ether oxygens (including phenoxy) is 1. The second-order valence-corrected chi connectivity index (χ2v) is 7.00. The first-order valence-corrected chi connectivity index (χ1v) is 8.49. The highest BCUT2D eigenvalue weighted by molar-refractivity contribution is 9.10. The Hall–Kier alpha value is -0.580. The Morgan fingerprint density at radius 1 is 1.24 bits per heavy atom. The molecule has 1 aromatic carbocycles. The van der Waals surface area contributed by atoms with Crippen LogP contribution in [0.25, 0.3) is 0 Å². The smallest absolute Gasteiger partial charge is 0.0587 e. The van der Waals surface area contributed by atoms with Crippen LogP contribution in [-0.2, 0) is 11.3 Å². The zero-order valence-corrected chi connectivity index (χ0v) is 15.5. The molecule has 0 aromatic heterocycles. The molecule has 0 heterocycles. The molecule has 0 aliphatic carbocycles. The molecule has 0 saturated carbocycles. The fourth-order valence-electron chi connectivity index (χ4n) is 2.35. The van der Waals surface area contributed by atoms with E-state index < -0.39 is 0 Å². The number of hydrogen-bond donors (Lipinski definition) is 1. The minimum absolute atomic E-state index is 0.492. The lowest BCUT2D eigenvalue weighted by molar-refractivity contribution is 0.199. The quantitative estimate of drug-likeness (QED) is 0.675. The Bertz CT molecular complexity index is 421. The van der Waals surface area contributed by atoms with Gasteiger partial charge in [-0.3, -0.25) is 0 Å². The van der Waals surface area contributed by atoms with Gasteiger partial charge in [0.1, 0.15) is 0 Å². The van der Waals surface area contributed by atoms with Crippen LogP contribution < -0.4 is 10.2 Å². The van der Waals surface area contributed by atoms with E-state index in [9.17, 15) is 0 Å². The summed E-state index contributed by atoms with van der Waals surface area (Å²) in [6.45, 7) is 12.6.